The summed E-state index contributed by atoms with van der Waals surface area (Å²) in [5.41, 5.74) is -4.79. The Morgan fingerprint density at radius 3 is 1.91 bits per heavy atom. The minimum absolute atomic E-state index is 0.457. The van der Waals surface area contributed by atoms with Gasteiger partial charge in [-0.2, -0.15) is 0 Å². The van der Waals surface area contributed by atoms with Crippen LogP contribution in [0.5, 0.6) is 57.5 Å². The maximum atomic E-state index is 13.5. The van der Waals surface area contributed by atoms with Crippen LogP contribution in [0, 0.1) is 0 Å². The van der Waals surface area contributed by atoms with Crippen molar-refractivity contribution in [2.24, 2.45) is 0 Å². The fourth-order valence-electron chi connectivity index (χ4n) is 4.81. The molecule has 19 nitrogen and oxygen atoms in total. The number of rotatable bonds is 3. The molecule has 0 spiro atoms. The van der Waals surface area contributed by atoms with E-state index < -0.39 is 141 Å². The summed E-state index contributed by atoms with van der Waals surface area (Å²) in [5, 5.41) is 123. The number of cyclic esters (lactones) is 1. The number of ether oxygens (including phenoxy) is 4. The first-order valence-corrected chi connectivity index (χ1v) is 12.7. The molecule has 3 aromatic carbocycles. The summed E-state index contributed by atoms with van der Waals surface area (Å²) in [6, 6.07) is 1.51. The molecule has 0 amide bonds. The third-order valence-electron chi connectivity index (χ3n) is 7.11. The Labute approximate surface area is 253 Å². The first-order valence-electron chi connectivity index (χ1n) is 12.7. The van der Waals surface area contributed by atoms with Crippen molar-refractivity contribution >= 4 is 17.9 Å². The van der Waals surface area contributed by atoms with E-state index in [-0.39, 0.29) is 0 Å². The molecule has 244 valence electrons. The topological polar surface area (TPSA) is 331 Å². The SMILES string of the molecule is O=C(O)c1cc(O)c(O)c(O)c1Oc1cc2c(c(O)c1O)-c1c(cc(O)c(O)c1O)C(=O)O[C@H]1[C@H](O)[C@@H](O)C(O)O[C@@H]1COC2=O. The van der Waals surface area contributed by atoms with Crippen LogP contribution in [0.1, 0.15) is 31.1 Å². The molecule has 1 fully saturated rings. The number of carboxylic acid groups (broad SMARTS) is 1. The Morgan fingerprint density at radius 1 is 0.717 bits per heavy atom. The molecule has 5 rings (SSSR count). The van der Waals surface area contributed by atoms with Gasteiger partial charge in [0.1, 0.15) is 30.5 Å². The zero-order chi connectivity index (χ0) is 33.9. The standard InChI is InChI=1S/C27H22O19/c28-8-1-5-12(17(33)14(8)30)13-6(25(40)43-4-11-23(46-26(5)41)20(36)21(37)27(42)45-11)3-10(16(32)18(13)34)44-22-7(24(38)39)2-9(29)15(31)19(22)35/h1-3,11,20-21,23,27-37,42H,4H2,(H,38,39)/t11-,20-,21-,23-,27?/m1/s1. The van der Waals surface area contributed by atoms with Crippen LogP contribution in [0.3, 0.4) is 0 Å². The molecule has 0 aliphatic carbocycles. The smallest absolute Gasteiger partial charge is 0.339 e. The lowest BCUT2D eigenvalue weighted by molar-refractivity contribution is -0.285. The molecule has 0 radical (unpaired) electrons. The van der Waals surface area contributed by atoms with Gasteiger partial charge in [-0.3, -0.25) is 0 Å². The van der Waals surface area contributed by atoms with Crippen LogP contribution in [0.25, 0.3) is 11.1 Å². The van der Waals surface area contributed by atoms with E-state index in [9.17, 15) is 75.7 Å². The summed E-state index contributed by atoms with van der Waals surface area (Å²) in [5.74, 6) is -17.3. The second kappa shape index (κ2) is 11.2. The van der Waals surface area contributed by atoms with Crippen LogP contribution in [0.4, 0.5) is 0 Å². The highest BCUT2D eigenvalue weighted by atomic mass is 16.7. The first kappa shape index (κ1) is 31.5. The number of carboxylic acids is 1. The van der Waals surface area contributed by atoms with Crippen molar-refractivity contribution in [2.45, 2.75) is 30.7 Å². The van der Waals surface area contributed by atoms with Gasteiger partial charge in [0.05, 0.1) is 11.1 Å². The minimum Gasteiger partial charge on any atom is -0.504 e. The van der Waals surface area contributed by atoms with Gasteiger partial charge in [-0.1, -0.05) is 0 Å². The van der Waals surface area contributed by atoms with E-state index in [1.807, 2.05) is 0 Å². The van der Waals surface area contributed by atoms with Crippen molar-refractivity contribution in [3.63, 3.8) is 0 Å². The first-order chi connectivity index (χ1) is 21.5. The van der Waals surface area contributed by atoms with Crippen LogP contribution in [-0.2, 0) is 14.2 Å². The van der Waals surface area contributed by atoms with Crippen LogP contribution in [0.15, 0.2) is 18.2 Å². The number of aliphatic hydroxyl groups excluding tert-OH is 3. The van der Waals surface area contributed by atoms with Crippen molar-refractivity contribution in [1.82, 2.24) is 0 Å². The van der Waals surface area contributed by atoms with Crippen LogP contribution < -0.4 is 4.74 Å². The van der Waals surface area contributed by atoms with E-state index in [4.69, 9.17) is 18.9 Å². The normalized spacial score (nSPS) is 22.7. The number of hydrogen-bond donors (Lipinski definition) is 12. The number of aromatic hydroxyl groups is 8. The molecule has 2 aliphatic rings. The second-order valence-electron chi connectivity index (χ2n) is 9.90. The third-order valence-corrected chi connectivity index (χ3v) is 7.11. The van der Waals surface area contributed by atoms with E-state index in [1.54, 1.807) is 0 Å². The van der Waals surface area contributed by atoms with E-state index in [0.29, 0.717) is 18.2 Å². The Kier molecular flexibility index (Phi) is 7.70. The lowest BCUT2D eigenvalue weighted by Crippen LogP contribution is -2.60. The summed E-state index contributed by atoms with van der Waals surface area (Å²) in [4.78, 5) is 38.6. The van der Waals surface area contributed by atoms with E-state index in [2.05, 4.69) is 0 Å². The number of fused-ring (bicyclic) bond motifs is 4. The fourth-order valence-corrected chi connectivity index (χ4v) is 4.81. The third kappa shape index (κ3) is 4.94. The lowest BCUT2D eigenvalue weighted by Gasteiger charge is -2.39. The van der Waals surface area contributed by atoms with Crippen molar-refractivity contribution < 1.29 is 94.6 Å². The van der Waals surface area contributed by atoms with Gasteiger partial charge in [0.2, 0.25) is 23.0 Å². The number of esters is 2. The van der Waals surface area contributed by atoms with Gasteiger partial charge < -0.3 is 80.2 Å². The Bertz CT molecular complexity index is 1800. The molecule has 0 saturated carbocycles. The van der Waals surface area contributed by atoms with Gasteiger partial charge in [0, 0.05) is 23.3 Å². The predicted molar refractivity (Wildman–Crippen MR) is 141 cm³/mol. The van der Waals surface area contributed by atoms with Gasteiger partial charge in [-0.25, -0.2) is 14.4 Å². The highest BCUT2D eigenvalue weighted by Gasteiger charge is 2.48. The number of aliphatic hydroxyl groups is 3. The van der Waals surface area contributed by atoms with Crippen molar-refractivity contribution in [3.05, 3.63) is 34.9 Å². The molecule has 3 aromatic rings. The molecular formula is C27H22O19. The Hall–Kier alpha value is -5.89. The monoisotopic (exact) mass is 650 g/mol. The maximum absolute atomic E-state index is 13.5. The fraction of sp³-hybridized carbons (Fsp3) is 0.222. The summed E-state index contributed by atoms with van der Waals surface area (Å²) in [6.45, 7) is -0.941. The summed E-state index contributed by atoms with van der Waals surface area (Å²) in [7, 11) is 0. The summed E-state index contributed by atoms with van der Waals surface area (Å²) in [6.07, 6.45) is -9.73. The largest absolute Gasteiger partial charge is 0.504 e. The number of aromatic carboxylic acids is 1. The molecule has 1 saturated heterocycles. The quantitative estimate of drug-likeness (QED) is 0.127. The highest BCUT2D eigenvalue weighted by molar-refractivity contribution is 6.08. The van der Waals surface area contributed by atoms with Crippen LogP contribution in [-0.4, -0.2) is 116 Å². The van der Waals surface area contributed by atoms with Gasteiger partial charge in [0.15, 0.2) is 46.9 Å². The molecule has 0 bridgehead atoms. The van der Waals surface area contributed by atoms with Crippen molar-refractivity contribution in [2.75, 3.05) is 6.61 Å². The summed E-state index contributed by atoms with van der Waals surface area (Å²) >= 11 is 0. The number of phenols is 8. The Morgan fingerprint density at radius 2 is 1.28 bits per heavy atom. The average molecular weight is 650 g/mol. The number of carbonyl (C=O) groups is 3. The highest BCUT2D eigenvalue weighted by Crippen LogP contribution is 2.55. The predicted octanol–water partition coefficient (Wildman–Crippen LogP) is -0.376. The molecule has 2 heterocycles. The van der Waals surface area contributed by atoms with Crippen LogP contribution in [0.2, 0.25) is 0 Å². The molecule has 0 aromatic heterocycles. The van der Waals surface area contributed by atoms with Gasteiger partial charge in [0.25, 0.3) is 0 Å². The van der Waals surface area contributed by atoms with E-state index >= 15 is 0 Å². The van der Waals surface area contributed by atoms with Gasteiger partial charge in [-0.15, -0.1) is 0 Å². The van der Waals surface area contributed by atoms with E-state index in [1.165, 1.54) is 0 Å². The second-order valence-corrected chi connectivity index (χ2v) is 9.90. The number of benzene rings is 3. The van der Waals surface area contributed by atoms with Gasteiger partial charge >= 0.3 is 17.9 Å². The lowest BCUT2D eigenvalue weighted by atomic mass is 9.91. The van der Waals surface area contributed by atoms with Gasteiger partial charge in [-0.05, 0) is 6.07 Å². The van der Waals surface area contributed by atoms with Crippen molar-refractivity contribution in [1.29, 1.82) is 0 Å². The minimum atomic E-state index is -2.07. The van der Waals surface area contributed by atoms with Crippen LogP contribution >= 0.6 is 0 Å². The number of phenolic OH excluding ortho intramolecular Hbond substituents is 8. The zero-order valence-corrected chi connectivity index (χ0v) is 22.6. The number of hydrogen-bond acceptors (Lipinski definition) is 18. The zero-order valence-electron chi connectivity index (χ0n) is 22.6. The Balaban J connectivity index is 1.77. The number of carbonyl (C=O) groups excluding carboxylic acids is 2. The van der Waals surface area contributed by atoms with Crippen molar-refractivity contribution in [3.8, 4) is 68.6 Å². The average Bonchev–Trinajstić information content (AvgIpc) is 3.02. The molecular weight excluding hydrogens is 628 g/mol. The molecule has 19 heteroatoms. The van der Waals surface area contributed by atoms with E-state index in [0.717, 1.165) is 0 Å². The maximum Gasteiger partial charge on any atom is 0.339 e. The molecule has 1 unspecified atom stereocenters. The molecule has 2 aliphatic heterocycles. The molecule has 46 heavy (non-hydrogen) atoms. The molecule has 12 N–H and O–H groups in total. The summed E-state index contributed by atoms with van der Waals surface area (Å²) < 4.78 is 20.7. The molecule has 5 atom stereocenters.